The first-order chi connectivity index (χ1) is 7.41. The molecule has 3 nitrogen and oxygen atoms in total. The maximum Gasteiger partial charge on any atom is 0.417 e. The van der Waals surface area contributed by atoms with Crippen molar-refractivity contribution >= 4 is 5.78 Å². The molecule has 0 heterocycles. The molecule has 0 fully saturated rings. The van der Waals surface area contributed by atoms with Crippen molar-refractivity contribution in [3.05, 3.63) is 29.3 Å². The van der Waals surface area contributed by atoms with E-state index >= 15 is 0 Å². The molecule has 0 saturated carbocycles. The molecule has 0 aliphatic rings. The van der Waals surface area contributed by atoms with Crippen LogP contribution in [0.2, 0.25) is 0 Å². The van der Waals surface area contributed by atoms with Crippen LogP contribution in [0.1, 0.15) is 15.9 Å². The maximum atomic E-state index is 12.6. The van der Waals surface area contributed by atoms with Crippen LogP contribution in [-0.4, -0.2) is 19.4 Å². The normalized spacial score (nSPS) is 11.3. The van der Waals surface area contributed by atoms with E-state index in [-0.39, 0.29) is 5.75 Å². The zero-order chi connectivity index (χ0) is 12.3. The molecule has 1 aromatic rings. The number of hydrogen-bond acceptors (Lipinski definition) is 3. The summed E-state index contributed by atoms with van der Waals surface area (Å²) in [5, 5.41) is 0. The molecule has 0 saturated heterocycles. The van der Waals surface area contributed by atoms with Crippen molar-refractivity contribution < 1.29 is 22.7 Å². The van der Waals surface area contributed by atoms with E-state index in [0.29, 0.717) is 0 Å². The van der Waals surface area contributed by atoms with Gasteiger partial charge in [0, 0.05) is 0 Å². The molecule has 6 heteroatoms. The zero-order valence-corrected chi connectivity index (χ0v) is 8.47. The third kappa shape index (κ3) is 2.33. The van der Waals surface area contributed by atoms with Crippen LogP contribution >= 0.6 is 0 Å². The van der Waals surface area contributed by atoms with Crippen LogP contribution in [0, 0.1) is 0 Å². The van der Waals surface area contributed by atoms with E-state index in [1.54, 1.807) is 0 Å². The first-order valence-corrected chi connectivity index (χ1v) is 4.39. The number of carbonyl (C=O) groups is 1. The molecule has 0 aliphatic heterocycles. The van der Waals surface area contributed by atoms with E-state index in [1.807, 2.05) is 0 Å². The predicted molar refractivity (Wildman–Crippen MR) is 51.4 cm³/mol. The summed E-state index contributed by atoms with van der Waals surface area (Å²) in [6.07, 6.45) is -4.60. The third-order valence-corrected chi connectivity index (χ3v) is 2.02. The van der Waals surface area contributed by atoms with Crippen LogP contribution in [0.4, 0.5) is 13.2 Å². The first-order valence-electron chi connectivity index (χ1n) is 4.39. The van der Waals surface area contributed by atoms with Crippen LogP contribution in [0.5, 0.6) is 5.75 Å². The summed E-state index contributed by atoms with van der Waals surface area (Å²) < 4.78 is 42.6. The van der Waals surface area contributed by atoms with Gasteiger partial charge >= 0.3 is 6.18 Å². The van der Waals surface area contributed by atoms with Crippen LogP contribution in [0.15, 0.2) is 18.2 Å². The highest BCUT2D eigenvalue weighted by Gasteiger charge is 2.36. The molecule has 1 rings (SSSR count). The Bertz CT molecular complexity index is 402. The largest absolute Gasteiger partial charge is 0.496 e. The summed E-state index contributed by atoms with van der Waals surface area (Å²) >= 11 is 0. The molecule has 88 valence electrons. The summed E-state index contributed by atoms with van der Waals surface area (Å²) in [4.78, 5) is 11.4. The first kappa shape index (κ1) is 12.5. The molecule has 0 aliphatic carbocycles. The van der Waals surface area contributed by atoms with E-state index in [4.69, 9.17) is 10.5 Å². The lowest BCUT2D eigenvalue weighted by molar-refractivity contribution is -0.138. The number of ether oxygens (including phenoxy) is 1. The van der Waals surface area contributed by atoms with Crippen LogP contribution in [0.3, 0.4) is 0 Å². The standard InChI is InChI=1S/C10H10F3NO2/c1-16-8-4-2-3-6(10(11,12)13)9(8)7(15)5-14/h2-4H,5,14H2,1H3. The van der Waals surface area contributed by atoms with Gasteiger partial charge in [-0.3, -0.25) is 4.79 Å². The van der Waals surface area contributed by atoms with Gasteiger partial charge in [0.15, 0.2) is 5.78 Å². The number of alkyl halides is 3. The van der Waals surface area contributed by atoms with E-state index < -0.39 is 29.6 Å². The maximum absolute atomic E-state index is 12.6. The molecule has 0 unspecified atom stereocenters. The number of halogens is 3. The molecular weight excluding hydrogens is 223 g/mol. The minimum atomic E-state index is -4.60. The van der Waals surface area contributed by atoms with E-state index in [2.05, 4.69) is 0 Å². The molecule has 0 amide bonds. The van der Waals surface area contributed by atoms with Gasteiger partial charge < -0.3 is 10.5 Å². The number of carbonyl (C=O) groups excluding carboxylic acids is 1. The van der Waals surface area contributed by atoms with Gasteiger partial charge in [0.25, 0.3) is 0 Å². The van der Waals surface area contributed by atoms with E-state index in [1.165, 1.54) is 19.2 Å². The smallest absolute Gasteiger partial charge is 0.417 e. The van der Waals surface area contributed by atoms with Crippen molar-refractivity contribution in [2.24, 2.45) is 5.73 Å². The minimum absolute atomic E-state index is 0.120. The van der Waals surface area contributed by atoms with Crippen molar-refractivity contribution in [3.8, 4) is 5.75 Å². The molecule has 0 radical (unpaired) electrons. The Labute approximate surface area is 90.0 Å². The molecule has 16 heavy (non-hydrogen) atoms. The molecule has 1 aromatic carbocycles. The van der Waals surface area contributed by atoms with Gasteiger partial charge in [0.05, 0.1) is 24.8 Å². The molecular formula is C10H10F3NO2. The van der Waals surface area contributed by atoms with E-state index in [0.717, 1.165) is 6.07 Å². The summed E-state index contributed by atoms with van der Waals surface area (Å²) in [6, 6.07) is 3.29. The van der Waals surface area contributed by atoms with Crippen molar-refractivity contribution in [1.29, 1.82) is 0 Å². The average Bonchev–Trinajstić information content (AvgIpc) is 2.25. The quantitative estimate of drug-likeness (QED) is 0.810. The molecule has 0 spiro atoms. The highest BCUT2D eigenvalue weighted by atomic mass is 19.4. The topological polar surface area (TPSA) is 52.3 Å². The lowest BCUT2D eigenvalue weighted by Crippen LogP contribution is -2.20. The monoisotopic (exact) mass is 233 g/mol. The number of ketones is 1. The van der Waals surface area contributed by atoms with Crippen molar-refractivity contribution in [2.75, 3.05) is 13.7 Å². The van der Waals surface area contributed by atoms with Crippen molar-refractivity contribution in [2.45, 2.75) is 6.18 Å². The Kier molecular flexibility index (Phi) is 3.54. The van der Waals surface area contributed by atoms with Crippen molar-refractivity contribution in [1.82, 2.24) is 0 Å². The van der Waals surface area contributed by atoms with Gasteiger partial charge in [0.2, 0.25) is 0 Å². The Hall–Kier alpha value is -1.56. The highest BCUT2D eigenvalue weighted by molar-refractivity contribution is 6.01. The van der Waals surface area contributed by atoms with Crippen LogP contribution < -0.4 is 10.5 Å². The molecule has 0 atom stereocenters. The second-order valence-electron chi connectivity index (χ2n) is 3.01. The Morgan fingerprint density at radius 2 is 2.06 bits per heavy atom. The van der Waals surface area contributed by atoms with Gasteiger partial charge in [-0.05, 0) is 12.1 Å². The lowest BCUT2D eigenvalue weighted by atomic mass is 10.0. The second kappa shape index (κ2) is 4.52. The predicted octanol–water partition coefficient (Wildman–Crippen LogP) is 1.86. The number of benzene rings is 1. The van der Waals surface area contributed by atoms with Crippen molar-refractivity contribution in [3.63, 3.8) is 0 Å². The third-order valence-electron chi connectivity index (χ3n) is 2.02. The average molecular weight is 233 g/mol. The van der Waals surface area contributed by atoms with Gasteiger partial charge in [-0.25, -0.2) is 0 Å². The number of methoxy groups -OCH3 is 1. The fourth-order valence-corrected chi connectivity index (χ4v) is 1.33. The fraction of sp³-hybridized carbons (Fsp3) is 0.300. The summed E-state index contributed by atoms with van der Waals surface area (Å²) in [6.45, 7) is -0.497. The number of hydrogen-bond donors (Lipinski definition) is 1. The summed E-state index contributed by atoms with van der Waals surface area (Å²) in [5.74, 6) is -0.921. The number of nitrogens with two attached hydrogens (primary N) is 1. The molecule has 2 N–H and O–H groups in total. The zero-order valence-electron chi connectivity index (χ0n) is 8.47. The Balaban J connectivity index is 3.44. The Morgan fingerprint density at radius 3 is 2.50 bits per heavy atom. The lowest BCUT2D eigenvalue weighted by Gasteiger charge is -2.14. The summed E-state index contributed by atoms with van der Waals surface area (Å²) in [7, 11) is 1.20. The van der Waals surface area contributed by atoms with Gasteiger partial charge in [-0.2, -0.15) is 13.2 Å². The minimum Gasteiger partial charge on any atom is -0.496 e. The van der Waals surface area contributed by atoms with Crippen LogP contribution in [0.25, 0.3) is 0 Å². The van der Waals surface area contributed by atoms with Gasteiger partial charge in [0.1, 0.15) is 5.75 Å². The number of Topliss-reactive ketones (excluding diaryl/α,β-unsaturated/α-hetero) is 1. The molecule has 0 bridgehead atoms. The van der Waals surface area contributed by atoms with Gasteiger partial charge in [-0.15, -0.1) is 0 Å². The van der Waals surface area contributed by atoms with Crippen LogP contribution in [-0.2, 0) is 6.18 Å². The summed E-state index contributed by atoms with van der Waals surface area (Å²) in [5.41, 5.74) is 3.53. The fourth-order valence-electron chi connectivity index (χ4n) is 1.33. The van der Waals surface area contributed by atoms with E-state index in [9.17, 15) is 18.0 Å². The van der Waals surface area contributed by atoms with Gasteiger partial charge in [-0.1, -0.05) is 6.07 Å². The number of rotatable bonds is 3. The SMILES string of the molecule is COc1cccc(C(F)(F)F)c1C(=O)CN. The highest BCUT2D eigenvalue weighted by Crippen LogP contribution is 2.35. The second-order valence-corrected chi connectivity index (χ2v) is 3.01. The Morgan fingerprint density at radius 1 is 1.44 bits per heavy atom. The molecule has 0 aromatic heterocycles.